The molecule has 2 aromatic rings. The van der Waals surface area contributed by atoms with E-state index in [9.17, 15) is 4.79 Å². The van der Waals surface area contributed by atoms with Gasteiger partial charge in [-0.1, -0.05) is 19.9 Å². The summed E-state index contributed by atoms with van der Waals surface area (Å²) in [6.07, 6.45) is 1.80. The SMILES string of the molecule is CC(C)C(CCO)NC(=O)c1ncoc1-c1cccs1. The maximum Gasteiger partial charge on any atom is 0.274 e. The second-order valence-electron chi connectivity index (χ2n) is 4.84. The molecule has 0 fully saturated rings. The molecule has 0 saturated heterocycles. The number of aromatic nitrogens is 1. The minimum absolute atomic E-state index is 0.0414. The van der Waals surface area contributed by atoms with Gasteiger partial charge in [-0.25, -0.2) is 4.98 Å². The van der Waals surface area contributed by atoms with E-state index in [1.807, 2.05) is 31.4 Å². The van der Waals surface area contributed by atoms with E-state index in [-0.39, 0.29) is 30.2 Å². The first-order chi connectivity index (χ1) is 9.63. The van der Waals surface area contributed by atoms with Crippen molar-refractivity contribution in [2.24, 2.45) is 5.92 Å². The summed E-state index contributed by atoms with van der Waals surface area (Å²) in [4.78, 5) is 17.2. The Kier molecular flexibility index (Phi) is 4.92. The monoisotopic (exact) mass is 294 g/mol. The van der Waals surface area contributed by atoms with Gasteiger partial charge in [0.25, 0.3) is 5.91 Å². The molecule has 2 N–H and O–H groups in total. The predicted molar refractivity (Wildman–Crippen MR) is 77.6 cm³/mol. The Morgan fingerprint density at radius 2 is 2.35 bits per heavy atom. The van der Waals surface area contributed by atoms with Crippen LogP contribution in [0, 0.1) is 5.92 Å². The Morgan fingerprint density at radius 3 is 2.95 bits per heavy atom. The van der Waals surface area contributed by atoms with Crippen molar-refractivity contribution in [1.82, 2.24) is 10.3 Å². The molecule has 0 aliphatic heterocycles. The van der Waals surface area contributed by atoms with E-state index in [0.29, 0.717) is 12.2 Å². The van der Waals surface area contributed by atoms with Crippen LogP contribution in [0.5, 0.6) is 0 Å². The number of aliphatic hydroxyl groups is 1. The van der Waals surface area contributed by atoms with E-state index in [2.05, 4.69) is 10.3 Å². The number of oxazole rings is 1. The Bertz CT molecular complexity index is 549. The zero-order chi connectivity index (χ0) is 14.5. The van der Waals surface area contributed by atoms with Gasteiger partial charge in [-0.2, -0.15) is 0 Å². The molecule has 2 rings (SSSR count). The minimum atomic E-state index is -0.269. The number of hydrogen-bond acceptors (Lipinski definition) is 5. The van der Waals surface area contributed by atoms with Gasteiger partial charge in [-0.15, -0.1) is 11.3 Å². The summed E-state index contributed by atoms with van der Waals surface area (Å²) >= 11 is 1.49. The maximum atomic E-state index is 12.3. The molecule has 2 heterocycles. The second kappa shape index (κ2) is 6.67. The van der Waals surface area contributed by atoms with E-state index in [1.54, 1.807) is 0 Å². The fraction of sp³-hybridized carbons (Fsp3) is 0.429. The molecule has 0 aliphatic rings. The molecule has 0 bridgehead atoms. The van der Waals surface area contributed by atoms with Gasteiger partial charge in [0.1, 0.15) is 0 Å². The highest BCUT2D eigenvalue weighted by atomic mass is 32.1. The van der Waals surface area contributed by atoms with Gasteiger partial charge in [0, 0.05) is 12.6 Å². The number of nitrogens with zero attached hydrogens (tertiary/aromatic N) is 1. The zero-order valence-electron chi connectivity index (χ0n) is 11.5. The number of aliphatic hydroxyl groups excluding tert-OH is 1. The van der Waals surface area contributed by atoms with Crippen molar-refractivity contribution in [2.45, 2.75) is 26.3 Å². The number of nitrogens with one attached hydrogen (secondary N) is 1. The van der Waals surface area contributed by atoms with Crippen LogP contribution in [0.4, 0.5) is 0 Å². The van der Waals surface area contributed by atoms with Crippen LogP contribution in [0.2, 0.25) is 0 Å². The fourth-order valence-corrected chi connectivity index (χ4v) is 2.65. The summed E-state index contributed by atoms with van der Waals surface area (Å²) < 4.78 is 5.32. The Balaban J connectivity index is 2.16. The lowest BCUT2D eigenvalue weighted by Crippen LogP contribution is -2.39. The van der Waals surface area contributed by atoms with Crippen molar-refractivity contribution in [1.29, 1.82) is 0 Å². The molecular weight excluding hydrogens is 276 g/mol. The lowest BCUT2D eigenvalue weighted by atomic mass is 10.0. The number of carbonyl (C=O) groups excluding carboxylic acids is 1. The fourth-order valence-electron chi connectivity index (χ4n) is 1.94. The van der Waals surface area contributed by atoms with Crippen molar-refractivity contribution in [2.75, 3.05) is 6.61 Å². The lowest BCUT2D eigenvalue weighted by molar-refractivity contribution is 0.0912. The maximum absolute atomic E-state index is 12.3. The second-order valence-corrected chi connectivity index (χ2v) is 5.79. The molecule has 0 saturated carbocycles. The predicted octanol–water partition coefficient (Wildman–Crippen LogP) is 2.54. The molecule has 1 unspecified atom stereocenters. The number of hydrogen-bond donors (Lipinski definition) is 2. The third-order valence-corrected chi connectivity index (χ3v) is 3.96. The third-order valence-electron chi connectivity index (χ3n) is 3.09. The van der Waals surface area contributed by atoms with Crippen molar-refractivity contribution in [3.63, 3.8) is 0 Å². The molecule has 0 aromatic carbocycles. The molecular formula is C14H18N2O3S. The van der Waals surface area contributed by atoms with Gasteiger partial charge < -0.3 is 14.8 Å². The smallest absolute Gasteiger partial charge is 0.274 e. The average Bonchev–Trinajstić information content (AvgIpc) is 3.08. The van der Waals surface area contributed by atoms with E-state index in [0.717, 1.165) is 4.88 Å². The highest BCUT2D eigenvalue weighted by molar-refractivity contribution is 7.13. The van der Waals surface area contributed by atoms with Crippen LogP contribution >= 0.6 is 11.3 Å². The highest BCUT2D eigenvalue weighted by Crippen LogP contribution is 2.27. The number of rotatable bonds is 6. The molecule has 1 atom stereocenters. The minimum Gasteiger partial charge on any atom is -0.442 e. The molecule has 5 nitrogen and oxygen atoms in total. The van der Waals surface area contributed by atoms with Gasteiger partial charge in [0.05, 0.1) is 4.88 Å². The van der Waals surface area contributed by atoms with Crippen LogP contribution in [0.1, 0.15) is 30.8 Å². The van der Waals surface area contributed by atoms with Gasteiger partial charge in [0.15, 0.2) is 17.8 Å². The van der Waals surface area contributed by atoms with Crippen molar-refractivity contribution in [3.8, 4) is 10.6 Å². The molecule has 6 heteroatoms. The Labute approximate surface area is 121 Å². The summed E-state index contributed by atoms with van der Waals surface area (Å²) in [5.41, 5.74) is 0.288. The molecule has 20 heavy (non-hydrogen) atoms. The standard InChI is InChI=1S/C14H18N2O3S/c1-9(2)10(5-6-17)16-14(18)12-13(19-8-15-12)11-4-3-7-20-11/h3-4,7-10,17H,5-6H2,1-2H3,(H,16,18). The third kappa shape index (κ3) is 3.26. The quantitative estimate of drug-likeness (QED) is 0.858. The largest absolute Gasteiger partial charge is 0.442 e. The number of amides is 1. The first kappa shape index (κ1) is 14.7. The van der Waals surface area contributed by atoms with Gasteiger partial charge in [-0.05, 0) is 23.8 Å². The summed E-state index contributed by atoms with van der Waals surface area (Å²) in [6, 6.07) is 3.70. The summed E-state index contributed by atoms with van der Waals surface area (Å²) in [7, 11) is 0. The van der Waals surface area contributed by atoms with Crippen molar-refractivity contribution >= 4 is 17.2 Å². The first-order valence-electron chi connectivity index (χ1n) is 6.52. The van der Waals surface area contributed by atoms with E-state index >= 15 is 0 Å². The average molecular weight is 294 g/mol. The lowest BCUT2D eigenvalue weighted by Gasteiger charge is -2.20. The molecule has 0 aliphatic carbocycles. The Morgan fingerprint density at radius 1 is 1.55 bits per heavy atom. The summed E-state index contributed by atoms with van der Waals surface area (Å²) in [6.45, 7) is 4.05. The molecule has 1 amide bonds. The summed E-state index contributed by atoms with van der Waals surface area (Å²) in [5, 5.41) is 13.9. The van der Waals surface area contributed by atoms with E-state index in [4.69, 9.17) is 9.52 Å². The zero-order valence-corrected chi connectivity index (χ0v) is 12.3. The van der Waals surface area contributed by atoms with Crippen LogP contribution in [0.25, 0.3) is 10.6 Å². The summed E-state index contributed by atoms with van der Waals surface area (Å²) in [5.74, 6) is 0.460. The highest BCUT2D eigenvalue weighted by Gasteiger charge is 2.22. The van der Waals surface area contributed by atoms with Crippen molar-refractivity contribution in [3.05, 3.63) is 29.6 Å². The van der Waals surface area contributed by atoms with Crippen molar-refractivity contribution < 1.29 is 14.3 Å². The van der Waals surface area contributed by atoms with Crippen LogP contribution < -0.4 is 5.32 Å². The van der Waals surface area contributed by atoms with Gasteiger partial charge >= 0.3 is 0 Å². The van der Waals surface area contributed by atoms with Gasteiger partial charge in [0.2, 0.25) is 0 Å². The topological polar surface area (TPSA) is 75.4 Å². The molecule has 0 radical (unpaired) electrons. The molecule has 2 aromatic heterocycles. The van der Waals surface area contributed by atoms with E-state index < -0.39 is 0 Å². The molecule has 0 spiro atoms. The Hall–Kier alpha value is -1.66. The van der Waals surface area contributed by atoms with Crippen LogP contribution in [0.3, 0.4) is 0 Å². The van der Waals surface area contributed by atoms with Crippen LogP contribution in [-0.2, 0) is 0 Å². The van der Waals surface area contributed by atoms with Crippen LogP contribution in [0.15, 0.2) is 28.3 Å². The molecule has 108 valence electrons. The number of thiophene rings is 1. The van der Waals surface area contributed by atoms with Gasteiger partial charge in [-0.3, -0.25) is 4.79 Å². The van der Waals surface area contributed by atoms with E-state index in [1.165, 1.54) is 17.7 Å². The first-order valence-corrected chi connectivity index (χ1v) is 7.40. The number of carbonyl (C=O) groups is 1. The normalized spacial score (nSPS) is 12.6. The van der Waals surface area contributed by atoms with Crippen LogP contribution in [-0.4, -0.2) is 28.6 Å².